The summed E-state index contributed by atoms with van der Waals surface area (Å²) < 4.78 is 10.1. The molecule has 3 aromatic rings. The van der Waals surface area contributed by atoms with Gasteiger partial charge in [-0.25, -0.2) is 4.68 Å². The molecule has 0 bridgehead atoms. The monoisotopic (exact) mass is 424 g/mol. The first-order chi connectivity index (χ1) is 14.6. The Balaban J connectivity index is 1.51. The molecule has 0 atom stereocenters. The number of hydrogen-bond acceptors (Lipinski definition) is 6. The summed E-state index contributed by atoms with van der Waals surface area (Å²) in [6, 6.07) is 12.3. The van der Waals surface area contributed by atoms with Crippen LogP contribution >= 0.6 is 12.2 Å². The van der Waals surface area contributed by atoms with E-state index in [9.17, 15) is 0 Å². The van der Waals surface area contributed by atoms with Crippen molar-refractivity contribution in [2.24, 2.45) is 0 Å². The van der Waals surface area contributed by atoms with Gasteiger partial charge in [0.2, 0.25) is 0 Å². The van der Waals surface area contributed by atoms with Gasteiger partial charge in [0.05, 0.1) is 13.8 Å². The van der Waals surface area contributed by atoms with Crippen LogP contribution in [-0.4, -0.2) is 57.5 Å². The smallest absolute Gasteiger partial charge is 0.199 e. The molecule has 30 heavy (non-hydrogen) atoms. The van der Waals surface area contributed by atoms with Crippen molar-refractivity contribution in [3.05, 3.63) is 53.6 Å². The summed E-state index contributed by atoms with van der Waals surface area (Å²) in [6.07, 6.45) is 3.70. The van der Waals surface area contributed by atoms with Crippen LogP contribution in [0.1, 0.15) is 19.9 Å². The number of nitrogens with zero attached hydrogens (tertiary/aromatic N) is 6. The molecular formula is C22H28N6OS. The van der Waals surface area contributed by atoms with E-state index >= 15 is 0 Å². The fourth-order valence-corrected chi connectivity index (χ4v) is 4.20. The van der Waals surface area contributed by atoms with E-state index in [0.29, 0.717) is 6.67 Å². The third-order valence-corrected chi connectivity index (χ3v) is 5.88. The number of piperazine rings is 1. The molecule has 0 spiro atoms. The first kappa shape index (κ1) is 20.6. The normalized spacial score (nSPS) is 15.0. The van der Waals surface area contributed by atoms with Gasteiger partial charge in [0.15, 0.2) is 10.6 Å². The standard InChI is InChI=1S/C22H28N6OS/c1-17(2)28-21(18-4-6-20(29-3)7-5-18)24-27(22(28)30)16-25-12-14-26(15-13-25)19-8-10-23-11-9-19/h4-11,17H,12-16H2,1-3H3. The molecule has 0 N–H and O–H groups in total. The number of aromatic nitrogens is 4. The molecule has 1 fully saturated rings. The van der Waals surface area contributed by atoms with Crippen LogP contribution in [0.5, 0.6) is 5.75 Å². The number of pyridine rings is 1. The average molecular weight is 425 g/mol. The van der Waals surface area contributed by atoms with Gasteiger partial charge < -0.3 is 9.64 Å². The molecule has 1 aliphatic rings. The van der Waals surface area contributed by atoms with Crippen molar-refractivity contribution in [1.82, 2.24) is 24.2 Å². The van der Waals surface area contributed by atoms with Crippen LogP contribution in [0.3, 0.4) is 0 Å². The van der Waals surface area contributed by atoms with E-state index in [1.165, 1.54) is 5.69 Å². The molecule has 3 heterocycles. The zero-order valence-electron chi connectivity index (χ0n) is 17.7. The fourth-order valence-electron chi connectivity index (χ4n) is 3.81. The molecule has 0 aliphatic carbocycles. The molecule has 0 saturated carbocycles. The molecular weight excluding hydrogens is 396 g/mol. The second-order valence-electron chi connectivity index (χ2n) is 7.75. The Hall–Kier alpha value is -2.71. The van der Waals surface area contributed by atoms with E-state index in [-0.39, 0.29) is 6.04 Å². The quantitative estimate of drug-likeness (QED) is 0.561. The molecule has 0 radical (unpaired) electrons. The third kappa shape index (κ3) is 4.24. The van der Waals surface area contributed by atoms with Gasteiger partial charge in [-0.05, 0) is 62.5 Å². The van der Waals surface area contributed by atoms with E-state index in [1.54, 1.807) is 7.11 Å². The van der Waals surface area contributed by atoms with Crippen molar-refractivity contribution < 1.29 is 4.74 Å². The number of rotatable bonds is 6. The van der Waals surface area contributed by atoms with E-state index in [2.05, 4.69) is 45.3 Å². The second-order valence-corrected chi connectivity index (χ2v) is 8.12. The molecule has 2 aromatic heterocycles. The van der Waals surface area contributed by atoms with Crippen molar-refractivity contribution in [2.75, 3.05) is 38.2 Å². The Morgan fingerprint density at radius 2 is 1.67 bits per heavy atom. The Labute approximate surface area is 182 Å². The van der Waals surface area contributed by atoms with Gasteiger partial charge in [0.1, 0.15) is 5.75 Å². The Bertz CT molecular complexity index is 1020. The second kappa shape index (κ2) is 8.97. The highest BCUT2D eigenvalue weighted by atomic mass is 32.1. The van der Waals surface area contributed by atoms with Gasteiger partial charge in [-0.2, -0.15) is 5.10 Å². The van der Waals surface area contributed by atoms with Crippen molar-refractivity contribution in [3.63, 3.8) is 0 Å². The molecule has 8 heteroatoms. The zero-order chi connectivity index (χ0) is 21.1. The van der Waals surface area contributed by atoms with Crippen molar-refractivity contribution >= 4 is 17.9 Å². The number of ether oxygens (including phenoxy) is 1. The zero-order valence-corrected chi connectivity index (χ0v) is 18.5. The minimum atomic E-state index is 0.229. The third-order valence-electron chi connectivity index (χ3n) is 5.47. The van der Waals surface area contributed by atoms with Crippen molar-refractivity contribution in [1.29, 1.82) is 0 Å². The summed E-state index contributed by atoms with van der Waals surface area (Å²) in [6.45, 7) is 8.88. The van der Waals surface area contributed by atoms with Crippen LogP contribution < -0.4 is 9.64 Å². The summed E-state index contributed by atoms with van der Waals surface area (Å²) >= 11 is 5.80. The highest BCUT2D eigenvalue weighted by molar-refractivity contribution is 7.71. The van der Waals surface area contributed by atoms with Crippen molar-refractivity contribution in [3.8, 4) is 17.1 Å². The first-order valence-corrected chi connectivity index (χ1v) is 10.7. The molecule has 0 amide bonds. The van der Waals surface area contributed by atoms with Crippen LogP contribution in [0.15, 0.2) is 48.8 Å². The lowest BCUT2D eigenvalue weighted by Gasteiger charge is -2.35. The summed E-state index contributed by atoms with van der Waals surface area (Å²) in [4.78, 5) is 8.91. The van der Waals surface area contributed by atoms with Gasteiger partial charge in [-0.15, -0.1) is 0 Å². The van der Waals surface area contributed by atoms with Crippen LogP contribution in [0, 0.1) is 4.77 Å². The predicted molar refractivity (Wildman–Crippen MR) is 121 cm³/mol. The highest BCUT2D eigenvalue weighted by Gasteiger charge is 2.20. The number of hydrogen-bond donors (Lipinski definition) is 0. The highest BCUT2D eigenvalue weighted by Crippen LogP contribution is 2.25. The maximum Gasteiger partial charge on any atom is 0.199 e. The Kier molecular flexibility index (Phi) is 6.15. The molecule has 1 saturated heterocycles. The van der Waals surface area contributed by atoms with Crippen LogP contribution in [0.2, 0.25) is 0 Å². The largest absolute Gasteiger partial charge is 0.497 e. The minimum absolute atomic E-state index is 0.229. The number of benzene rings is 1. The molecule has 1 aromatic carbocycles. The first-order valence-electron chi connectivity index (χ1n) is 10.3. The molecule has 4 rings (SSSR count). The van der Waals surface area contributed by atoms with E-state index in [1.807, 2.05) is 41.3 Å². The summed E-state index contributed by atoms with van der Waals surface area (Å²) in [7, 11) is 1.67. The van der Waals surface area contributed by atoms with Gasteiger partial charge in [-0.3, -0.25) is 14.5 Å². The molecule has 7 nitrogen and oxygen atoms in total. The van der Waals surface area contributed by atoms with Crippen LogP contribution in [0.4, 0.5) is 5.69 Å². The Morgan fingerprint density at radius 1 is 1.00 bits per heavy atom. The van der Waals surface area contributed by atoms with E-state index in [0.717, 1.165) is 48.1 Å². The summed E-state index contributed by atoms with van der Waals surface area (Å²) in [5, 5.41) is 4.90. The van der Waals surface area contributed by atoms with Gasteiger partial charge >= 0.3 is 0 Å². The summed E-state index contributed by atoms with van der Waals surface area (Å²) in [5.74, 6) is 1.73. The lowest BCUT2D eigenvalue weighted by Crippen LogP contribution is -2.47. The SMILES string of the molecule is COc1ccc(-c2nn(CN3CCN(c4ccncc4)CC3)c(=S)n2C(C)C)cc1. The molecule has 1 aliphatic heterocycles. The molecule has 158 valence electrons. The maximum atomic E-state index is 5.80. The summed E-state index contributed by atoms with van der Waals surface area (Å²) in [5.41, 5.74) is 2.27. The maximum absolute atomic E-state index is 5.80. The lowest BCUT2D eigenvalue weighted by molar-refractivity contribution is 0.194. The van der Waals surface area contributed by atoms with E-state index < -0.39 is 0 Å². The topological polar surface area (TPSA) is 51.4 Å². The lowest BCUT2D eigenvalue weighted by atomic mass is 10.2. The van der Waals surface area contributed by atoms with Gasteiger partial charge in [-0.1, -0.05) is 0 Å². The van der Waals surface area contributed by atoms with Gasteiger partial charge in [0, 0.05) is 55.9 Å². The fraction of sp³-hybridized carbons (Fsp3) is 0.409. The number of anilines is 1. The van der Waals surface area contributed by atoms with Crippen molar-refractivity contribution in [2.45, 2.75) is 26.6 Å². The average Bonchev–Trinajstić information content (AvgIpc) is 3.11. The van der Waals surface area contributed by atoms with Crippen LogP contribution in [0.25, 0.3) is 11.4 Å². The molecule has 0 unspecified atom stereocenters. The van der Waals surface area contributed by atoms with E-state index in [4.69, 9.17) is 22.1 Å². The predicted octanol–water partition coefficient (Wildman–Crippen LogP) is 3.85. The van der Waals surface area contributed by atoms with Crippen LogP contribution in [-0.2, 0) is 6.67 Å². The minimum Gasteiger partial charge on any atom is -0.497 e. The number of methoxy groups -OCH3 is 1. The van der Waals surface area contributed by atoms with Gasteiger partial charge in [0.25, 0.3) is 0 Å². The Morgan fingerprint density at radius 3 is 2.27 bits per heavy atom.